The Morgan fingerprint density at radius 1 is 0.323 bits per heavy atom. The SMILES string of the molecule is c1ccc(-c2cccc(-c3cccc(N(c4ccc5sc6ccccc6c5c4)c4cccc5ccc6c7cc(-c8ccc9oc%10ccccc%10c9c8)ccc7oc6c45)c3)c2)cc1. The summed E-state index contributed by atoms with van der Waals surface area (Å²) in [7, 11) is 0. The lowest BCUT2D eigenvalue weighted by molar-refractivity contribution is 0.669. The van der Waals surface area contributed by atoms with Crippen LogP contribution in [0, 0.1) is 0 Å². The standard InChI is InChI=1S/C58H35NO2S/c1-2-11-36(12-3-1)38-14-8-15-39(31-38)40-16-9-17-43(32-40)59(44-26-30-56-50(35-44)46-19-5-7-22-55(46)62-56)51-20-10-13-37-23-27-47-49-34-42(25-29-54(49)61-58(47)57(37)51)41-24-28-53-48(33-41)45-18-4-6-21-52(45)60-53/h1-35H. The van der Waals surface area contributed by atoms with Gasteiger partial charge in [0.25, 0.3) is 0 Å². The van der Waals surface area contributed by atoms with E-state index in [2.05, 4.69) is 205 Å². The van der Waals surface area contributed by atoms with Gasteiger partial charge in [0.15, 0.2) is 0 Å². The second-order valence-electron chi connectivity index (χ2n) is 16.1. The normalized spacial score (nSPS) is 11.9. The molecule has 0 aliphatic heterocycles. The van der Waals surface area contributed by atoms with Crippen molar-refractivity contribution in [1.82, 2.24) is 0 Å². The molecule has 0 aliphatic carbocycles. The number of hydrogen-bond acceptors (Lipinski definition) is 4. The van der Waals surface area contributed by atoms with Gasteiger partial charge < -0.3 is 13.7 Å². The average molecular weight is 810 g/mol. The summed E-state index contributed by atoms with van der Waals surface area (Å²) in [6, 6.07) is 76.4. The molecule has 0 radical (unpaired) electrons. The van der Waals surface area contributed by atoms with Gasteiger partial charge in [-0.2, -0.15) is 0 Å². The number of nitrogens with zero attached hydrogens (tertiary/aromatic N) is 1. The third-order valence-electron chi connectivity index (χ3n) is 12.4. The maximum absolute atomic E-state index is 6.96. The van der Waals surface area contributed by atoms with Gasteiger partial charge in [-0.1, -0.05) is 127 Å². The Labute approximate surface area is 360 Å². The van der Waals surface area contributed by atoms with E-state index in [9.17, 15) is 0 Å². The molecule has 0 amide bonds. The molecule has 0 N–H and O–H groups in total. The molecule has 10 aromatic carbocycles. The summed E-state index contributed by atoms with van der Waals surface area (Å²) < 4.78 is 15.7. The van der Waals surface area contributed by atoms with E-state index in [-0.39, 0.29) is 0 Å². The number of hydrogen-bond donors (Lipinski definition) is 0. The van der Waals surface area contributed by atoms with E-state index in [0.717, 1.165) is 88.4 Å². The molecule has 62 heavy (non-hydrogen) atoms. The fraction of sp³-hybridized carbons (Fsp3) is 0. The molecule has 3 nitrogen and oxygen atoms in total. The van der Waals surface area contributed by atoms with Crippen molar-refractivity contribution in [2.75, 3.05) is 4.90 Å². The molecule has 0 atom stereocenters. The van der Waals surface area contributed by atoms with Crippen molar-refractivity contribution in [3.05, 3.63) is 212 Å². The molecule has 0 fully saturated rings. The Kier molecular flexibility index (Phi) is 7.78. The maximum Gasteiger partial charge on any atom is 0.145 e. The molecule has 0 spiro atoms. The highest BCUT2D eigenvalue weighted by Gasteiger charge is 2.22. The maximum atomic E-state index is 6.96. The Hall–Kier alpha value is -7.92. The Bertz CT molecular complexity index is 3890. The third-order valence-corrected chi connectivity index (χ3v) is 13.6. The van der Waals surface area contributed by atoms with E-state index in [4.69, 9.17) is 8.83 Å². The van der Waals surface area contributed by atoms with Gasteiger partial charge in [0.2, 0.25) is 0 Å². The van der Waals surface area contributed by atoms with Crippen molar-refractivity contribution in [1.29, 1.82) is 0 Å². The minimum absolute atomic E-state index is 0.860. The number of furan rings is 2. The summed E-state index contributed by atoms with van der Waals surface area (Å²) in [6.45, 7) is 0. The zero-order chi connectivity index (χ0) is 40.7. The van der Waals surface area contributed by atoms with Crippen LogP contribution in [0.4, 0.5) is 17.1 Å². The minimum Gasteiger partial charge on any atom is -0.456 e. The van der Waals surface area contributed by atoms with Crippen LogP contribution >= 0.6 is 11.3 Å². The Morgan fingerprint density at radius 2 is 0.935 bits per heavy atom. The summed E-state index contributed by atoms with van der Waals surface area (Å²) >= 11 is 1.84. The van der Waals surface area contributed by atoms with Crippen LogP contribution in [0.15, 0.2) is 221 Å². The lowest BCUT2D eigenvalue weighted by atomic mass is 9.98. The van der Waals surface area contributed by atoms with E-state index in [1.54, 1.807) is 0 Å². The highest BCUT2D eigenvalue weighted by atomic mass is 32.1. The molecule has 13 rings (SSSR count). The first-order chi connectivity index (χ1) is 30.7. The van der Waals surface area contributed by atoms with Crippen LogP contribution in [0.2, 0.25) is 0 Å². The molecular weight excluding hydrogens is 775 g/mol. The number of fused-ring (bicyclic) bond motifs is 11. The summed E-state index contributed by atoms with van der Waals surface area (Å²) in [5.41, 5.74) is 13.7. The Balaban J connectivity index is 1.01. The molecular formula is C58H35NO2S. The van der Waals surface area contributed by atoms with Gasteiger partial charge >= 0.3 is 0 Å². The van der Waals surface area contributed by atoms with E-state index >= 15 is 0 Å². The smallest absolute Gasteiger partial charge is 0.145 e. The van der Waals surface area contributed by atoms with E-state index in [1.807, 2.05) is 23.5 Å². The number of rotatable bonds is 6. The van der Waals surface area contributed by atoms with Crippen molar-refractivity contribution in [3.8, 4) is 33.4 Å². The zero-order valence-electron chi connectivity index (χ0n) is 33.4. The zero-order valence-corrected chi connectivity index (χ0v) is 34.2. The first kappa shape index (κ1) is 34.9. The van der Waals surface area contributed by atoms with Crippen LogP contribution in [0.1, 0.15) is 0 Å². The third kappa shape index (κ3) is 5.58. The number of anilines is 3. The fourth-order valence-corrected chi connectivity index (χ4v) is 10.6. The van der Waals surface area contributed by atoms with Gasteiger partial charge in [-0.05, 0) is 124 Å². The second kappa shape index (κ2) is 13.8. The second-order valence-corrected chi connectivity index (χ2v) is 17.1. The largest absolute Gasteiger partial charge is 0.456 e. The van der Waals surface area contributed by atoms with Crippen LogP contribution in [0.3, 0.4) is 0 Å². The molecule has 0 saturated heterocycles. The van der Waals surface area contributed by atoms with Gasteiger partial charge in [0, 0.05) is 58.5 Å². The number of thiophene rings is 1. The van der Waals surface area contributed by atoms with Gasteiger partial charge in [0.05, 0.1) is 5.69 Å². The van der Waals surface area contributed by atoms with Crippen LogP contribution in [-0.4, -0.2) is 0 Å². The molecule has 0 aliphatic rings. The monoisotopic (exact) mass is 809 g/mol. The minimum atomic E-state index is 0.860. The summed E-state index contributed by atoms with van der Waals surface area (Å²) in [6.07, 6.45) is 0. The average Bonchev–Trinajstić information content (AvgIpc) is 4.03. The number of benzene rings is 10. The van der Waals surface area contributed by atoms with E-state index in [1.165, 1.54) is 36.9 Å². The lowest BCUT2D eigenvalue weighted by Gasteiger charge is -2.27. The molecule has 0 saturated carbocycles. The highest BCUT2D eigenvalue weighted by molar-refractivity contribution is 7.25. The van der Waals surface area contributed by atoms with Crippen molar-refractivity contribution in [2.24, 2.45) is 0 Å². The van der Waals surface area contributed by atoms with Crippen molar-refractivity contribution < 1.29 is 8.83 Å². The van der Waals surface area contributed by atoms with Gasteiger partial charge in [-0.15, -0.1) is 11.3 Å². The van der Waals surface area contributed by atoms with Crippen LogP contribution < -0.4 is 4.90 Å². The summed E-state index contributed by atoms with van der Waals surface area (Å²) in [4.78, 5) is 2.42. The van der Waals surface area contributed by atoms with Gasteiger partial charge in [-0.25, -0.2) is 0 Å². The first-order valence-electron chi connectivity index (χ1n) is 21.0. The van der Waals surface area contributed by atoms with Crippen LogP contribution in [0.25, 0.3) is 108 Å². The predicted molar refractivity (Wildman–Crippen MR) is 262 cm³/mol. The van der Waals surface area contributed by atoms with Crippen LogP contribution in [-0.2, 0) is 0 Å². The van der Waals surface area contributed by atoms with Crippen LogP contribution in [0.5, 0.6) is 0 Å². The van der Waals surface area contributed by atoms with Crippen molar-refractivity contribution in [3.63, 3.8) is 0 Å². The summed E-state index contributed by atoms with van der Waals surface area (Å²) in [5.74, 6) is 0. The molecule has 4 heteroatoms. The quantitative estimate of drug-likeness (QED) is 0.168. The highest BCUT2D eigenvalue weighted by Crippen LogP contribution is 2.47. The molecule has 290 valence electrons. The van der Waals surface area contributed by atoms with E-state index < -0.39 is 0 Å². The molecule has 3 heterocycles. The van der Waals surface area contributed by atoms with Gasteiger partial charge in [-0.3, -0.25) is 0 Å². The number of para-hydroxylation sites is 1. The van der Waals surface area contributed by atoms with Crippen molar-refractivity contribution >= 4 is 103 Å². The molecule has 3 aromatic heterocycles. The van der Waals surface area contributed by atoms with Crippen molar-refractivity contribution in [2.45, 2.75) is 0 Å². The fourth-order valence-electron chi connectivity index (χ4n) is 9.47. The predicted octanol–water partition coefficient (Wildman–Crippen LogP) is 17.5. The van der Waals surface area contributed by atoms with E-state index in [0.29, 0.717) is 0 Å². The summed E-state index contributed by atoms with van der Waals surface area (Å²) in [5, 5.41) is 9.13. The lowest BCUT2D eigenvalue weighted by Crippen LogP contribution is -2.10. The molecule has 0 bridgehead atoms. The molecule has 13 aromatic rings. The first-order valence-corrected chi connectivity index (χ1v) is 21.8. The van der Waals surface area contributed by atoms with Gasteiger partial charge in [0.1, 0.15) is 22.3 Å². The molecule has 0 unspecified atom stereocenters. The Morgan fingerprint density at radius 3 is 1.79 bits per heavy atom. The topological polar surface area (TPSA) is 29.5 Å².